The standard InChI is InChI=1S/C18H27N2OS/c1-15(2)14-19-12-10-18(3,11-13-19)17(21)20(22-4)16-8-6-5-7-9-16/h5-9H,10-14H2,1-4H3. The summed E-state index contributed by atoms with van der Waals surface area (Å²) >= 11 is 1.50. The lowest BCUT2D eigenvalue weighted by atomic mass is 9.79. The number of anilines is 1. The lowest BCUT2D eigenvalue weighted by Gasteiger charge is -2.40. The number of para-hydroxylation sites is 1. The molecule has 3 nitrogen and oxygen atoms in total. The summed E-state index contributed by atoms with van der Waals surface area (Å²) in [5.74, 6) is 1.67. The summed E-state index contributed by atoms with van der Waals surface area (Å²) in [6, 6.07) is 9.95. The second-order valence-corrected chi connectivity index (χ2v) is 7.39. The maximum absolute atomic E-state index is 13.1. The molecule has 4 heteroatoms. The van der Waals surface area contributed by atoms with Crippen LogP contribution in [0.25, 0.3) is 0 Å². The summed E-state index contributed by atoms with van der Waals surface area (Å²) in [6.45, 7) is 9.53. The minimum atomic E-state index is -0.253. The molecule has 121 valence electrons. The van der Waals surface area contributed by atoms with Crippen LogP contribution in [0.15, 0.2) is 30.3 Å². The van der Waals surface area contributed by atoms with Crippen LogP contribution >= 0.6 is 11.9 Å². The molecule has 0 saturated carbocycles. The van der Waals surface area contributed by atoms with Gasteiger partial charge < -0.3 is 4.90 Å². The van der Waals surface area contributed by atoms with E-state index in [0.717, 1.165) is 38.2 Å². The molecule has 0 atom stereocenters. The van der Waals surface area contributed by atoms with Crippen LogP contribution in [0.3, 0.4) is 0 Å². The third-order valence-corrected chi connectivity index (χ3v) is 5.12. The van der Waals surface area contributed by atoms with Gasteiger partial charge in [0.15, 0.2) is 0 Å². The van der Waals surface area contributed by atoms with Crippen molar-refractivity contribution in [3.8, 4) is 0 Å². The first-order valence-electron chi connectivity index (χ1n) is 7.91. The van der Waals surface area contributed by atoms with Gasteiger partial charge in [0.2, 0.25) is 5.91 Å². The Labute approximate surface area is 139 Å². The quantitative estimate of drug-likeness (QED) is 0.766. The van der Waals surface area contributed by atoms with Gasteiger partial charge in [-0.15, -0.1) is 0 Å². The Balaban J connectivity index is 2.05. The Morgan fingerprint density at radius 2 is 1.82 bits per heavy atom. The minimum absolute atomic E-state index is 0.239. The highest BCUT2D eigenvalue weighted by atomic mass is 32.2. The van der Waals surface area contributed by atoms with Crippen LogP contribution in [0.1, 0.15) is 33.6 Å². The molecule has 1 aliphatic rings. The molecule has 1 aromatic carbocycles. The van der Waals surface area contributed by atoms with Gasteiger partial charge in [-0.3, -0.25) is 9.10 Å². The highest BCUT2D eigenvalue weighted by Crippen LogP contribution is 2.36. The molecule has 1 aliphatic heterocycles. The zero-order chi connectivity index (χ0) is 16.2. The maximum atomic E-state index is 13.1. The fourth-order valence-electron chi connectivity index (χ4n) is 2.98. The Morgan fingerprint density at radius 3 is 2.32 bits per heavy atom. The molecule has 0 bridgehead atoms. The third kappa shape index (κ3) is 4.05. The van der Waals surface area contributed by atoms with E-state index in [0.29, 0.717) is 0 Å². The average Bonchev–Trinajstić information content (AvgIpc) is 2.51. The molecule has 0 aromatic heterocycles. The van der Waals surface area contributed by atoms with Gasteiger partial charge in [-0.1, -0.05) is 39.0 Å². The van der Waals surface area contributed by atoms with Crippen molar-refractivity contribution in [2.24, 2.45) is 5.41 Å². The van der Waals surface area contributed by atoms with Crippen molar-refractivity contribution in [3.63, 3.8) is 0 Å². The van der Waals surface area contributed by atoms with Crippen LogP contribution in [-0.4, -0.2) is 36.7 Å². The molecule has 1 aromatic rings. The zero-order valence-electron chi connectivity index (χ0n) is 14.1. The molecule has 2 rings (SSSR count). The molecule has 0 aliphatic carbocycles. The van der Waals surface area contributed by atoms with E-state index >= 15 is 0 Å². The summed E-state index contributed by atoms with van der Waals surface area (Å²) in [5.41, 5.74) is 0.721. The monoisotopic (exact) mass is 319 g/mol. The first kappa shape index (κ1) is 17.4. The Hall–Kier alpha value is -1.00. The van der Waals surface area contributed by atoms with E-state index in [1.807, 2.05) is 40.9 Å². The zero-order valence-corrected chi connectivity index (χ0v) is 14.9. The molecule has 1 amide bonds. The van der Waals surface area contributed by atoms with Gasteiger partial charge in [0.05, 0.1) is 11.1 Å². The van der Waals surface area contributed by atoms with Crippen LogP contribution < -0.4 is 4.31 Å². The second-order valence-electron chi connectivity index (χ2n) is 6.66. The number of carbonyl (C=O) groups is 1. The summed E-state index contributed by atoms with van der Waals surface area (Å²) in [5, 5.41) is 0. The largest absolute Gasteiger partial charge is 0.303 e. The van der Waals surface area contributed by atoms with Crippen molar-refractivity contribution >= 4 is 23.5 Å². The summed E-state index contributed by atoms with van der Waals surface area (Å²) in [7, 11) is 0. The number of amides is 1. The first-order valence-corrected chi connectivity index (χ1v) is 9.09. The Bertz CT molecular complexity index is 481. The highest BCUT2D eigenvalue weighted by Gasteiger charge is 2.40. The molecule has 1 heterocycles. The van der Waals surface area contributed by atoms with E-state index in [9.17, 15) is 4.79 Å². The van der Waals surface area contributed by atoms with Gasteiger partial charge in [0.25, 0.3) is 0 Å². The van der Waals surface area contributed by atoms with Crippen LogP contribution in [-0.2, 0) is 4.79 Å². The number of carbonyl (C=O) groups excluding carboxylic acids is 1. The van der Waals surface area contributed by atoms with Crippen LogP contribution in [0, 0.1) is 11.3 Å². The predicted molar refractivity (Wildman–Crippen MR) is 95.8 cm³/mol. The summed E-state index contributed by atoms with van der Waals surface area (Å²) < 4.78 is 1.85. The molecule has 1 saturated heterocycles. The maximum Gasteiger partial charge on any atom is 0.243 e. The number of likely N-dealkylation sites (tertiary alicyclic amines) is 1. The van der Waals surface area contributed by atoms with Gasteiger partial charge in [-0.2, -0.15) is 0 Å². The number of hydrogen-bond acceptors (Lipinski definition) is 3. The first-order chi connectivity index (χ1) is 10.5. The fourth-order valence-corrected chi connectivity index (χ4v) is 3.70. The van der Waals surface area contributed by atoms with Crippen molar-refractivity contribution in [2.75, 3.05) is 30.2 Å². The minimum Gasteiger partial charge on any atom is -0.303 e. The molecule has 22 heavy (non-hydrogen) atoms. The van der Waals surface area contributed by atoms with Gasteiger partial charge in [0.1, 0.15) is 0 Å². The molecule has 0 spiro atoms. The number of hydrogen-bond donors (Lipinski definition) is 0. The SMILES string of the molecule is CSN(C(=O)C1(C)CCN(C[C](C)C)CC1)c1ccccc1. The normalized spacial score (nSPS) is 18.4. The van der Waals surface area contributed by atoms with E-state index in [-0.39, 0.29) is 11.3 Å². The molecule has 0 N–H and O–H groups in total. The van der Waals surface area contributed by atoms with Crippen LogP contribution in [0.2, 0.25) is 0 Å². The van der Waals surface area contributed by atoms with E-state index < -0.39 is 0 Å². The van der Waals surface area contributed by atoms with Crippen LogP contribution in [0.4, 0.5) is 5.69 Å². The van der Waals surface area contributed by atoms with Gasteiger partial charge >= 0.3 is 0 Å². The molecule has 0 unspecified atom stereocenters. The van der Waals surface area contributed by atoms with Crippen molar-refractivity contribution in [1.82, 2.24) is 4.90 Å². The van der Waals surface area contributed by atoms with E-state index in [4.69, 9.17) is 0 Å². The van der Waals surface area contributed by atoms with E-state index in [1.54, 1.807) is 0 Å². The van der Waals surface area contributed by atoms with Crippen molar-refractivity contribution in [2.45, 2.75) is 33.6 Å². The smallest absolute Gasteiger partial charge is 0.243 e. The average molecular weight is 319 g/mol. The van der Waals surface area contributed by atoms with Crippen molar-refractivity contribution < 1.29 is 4.79 Å². The van der Waals surface area contributed by atoms with Crippen LogP contribution in [0.5, 0.6) is 0 Å². The molecule has 1 fully saturated rings. The number of rotatable bonds is 5. The van der Waals surface area contributed by atoms with E-state index in [2.05, 4.69) is 25.7 Å². The van der Waals surface area contributed by atoms with Crippen molar-refractivity contribution in [3.05, 3.63) is 36.2 Å². The lowest BCUT2D eigenvalue weighted by molar-refractivity contribution is -0.128. The molecule has 1 radical (unpaired) electrons. The van der Waals surface area contributed by atoms with Gasteiger partial charge in [0, 0.05) is 12.8 Å². The van der Waals surface area contributed by atoms with Gasteiger partial charge in [-0.05, 0) is 55.9 Å². The third-order valence-electron chi connectivity index (χ3n) is 4.37. The second kappa shape index (κ2) is 7.51. The predicted octanol–water partition coefficient (Wildman–Crippen LogP) is 4.01. The van der Waals surface area contributed by atoms with Gasteiger partial charge in [-0.25, -0.2) is 0 Å². The Kier molecular flexibility index (Phi) is 5.93. The summed E-state index contributed by atoms with van der Waals surface area (Å²) in [6.07, 6.45) is 3.84. The van der Waals surface area contributed by atoms with E-state index in [1.165, 1.54) is 17.9 Å². The number of nitrogens with zero attached hydrogens (tertiary/aromatic N) is 2. The molecular weight excluding hydrogens is 292 g/mol. The molecular formula is C18H27N2OS. The Morgan fingerprint density at radius 1 is 1.23 bits per heavy atom. The fraction of sp³-hybridized carbons (Fsp3) is 0.556. The topological polar surface area (TPSA) is 23.6 Å². The van der Waals surface area contributed by atoms with Crippen molar-refractivity contribution in [1.29, 1.82) is 0 Å². The summed E-state index contributed by atoms with van der Waals surface area (Å²) in [4.78, 5) is 15.5. The lowest BCUT2D eigenvalue weighted by Crippen LogP contribution is -2.47. The number of benzene rings is 1. The number of piperidine rings is 1. The highest BCUT2D eigenvalue weighted by molar-refractivity contribution is 8.00.